The van der Waals surface area contributed by atoms with Crippen molar-refractivity contribution in [3.8, 4) is 0 Å². The molecule has 2 aliphatic rings. The summed E-state index contributed by atoms with van der Waals surface area (Å²) in [6, 6.07) is 11.8. The summed E-state index contributed by atoms with van der Waals surface area (Å²) in [6.07, 6.45) is 0. The Balaban J connectivity index is 2.06. The van der Waals surface area contributed by atoms with Gasteiger partial charge in [-0.05, 0) is 37.6 Å². The average molecular weight is 493 g/mol. The first-order chi connectivity index (χ1) is 15.2. The summed E-state index contributed by atoms with van der Waals surface area (Å²) in [5.74, 6) is -1.58. The van der Waals surface area contributed by atoms with Crippen LogP contribution in [0.2, 0.25) is 10.0 Å². The summed E-state index contributed by atoms with van der Waals surface area (Å²) in [4.78, 5) is 15.2. The van der Waals surface area contributed by atoms with E-state index in [4.69, 9.17) is 27.9 Å². The molecule has 4 rings (SSSR count). The van der Waals surface area contributed by atoms with Crippen LogP contribution in [-0.4, -0.2) is 34.6 Å². The Hall–Kier alpha value is -2.48. The van der Waals surface area contributed by atoms with Crippen molar-refractivity contribution in [1.82, 2.24) is 5.32 Å². The second-order valence-electron chi connectivity index (χ2n) is 7.63. The number of fused-ring (bicyclic) bond motifs is 1. The number of halogens is 2. The van der Waals surface area contributed by atoms with Gasteiger partial charge < -0.3 is 15.0 Å². The number of dihydropyridines is 1. The quantitative estimate of drug-likeness (QED) is 0.628. The van der Waals surface area contributed by atoms with Gasteiger partial charge in [0.05, 0.1) is 55.9 Å². The van der Waals surface area contributed by atoms with Crippen LogP contribution in [0.4, 0.5) is 5.69 Å². The van der Waals surface area contributed by atoms with Crippen molar-refractivity contribution in [2.45, 2.75) is 24.7 Å². The maximum atomic E-state index is 14.0. The number of sulfone groups is 1. The molecule has 1 unspecified atom stereocenters. The van der Waals surface area contributed by atoms with E-state index in [1.54, 1.807) is 56.3 Å². The number of ether oxygens (including phenoxy) is 1. The zero-order valence-corrected chi connectivity index (χ0v) is 20.1. The van der Waals surface area contributed by atoms with E-state index in [2.05, 4.69) is 5.32 Å². The maximum Gasteiger partial charge on any atom is 0.336 e. The summed E-state index contributed by atoms with van der Waals surface area (Å²) >= 11 is 12.8. The van der Waals surface area contributed by atoms with Crippen LogP contribution in [0.3, 0.4) is 0 Å². The molecule has 2 heterocycles. The van der Waals surface area contributed by atoms with Gasteiger partial charge in [-0.3, -0.25) is 0 Å². The number of hydrogen-bond acceptors (Lipinski definition) is 6. The van der Waals surface area contributed by atoms with Crippen LogP contribution in [0.15, 0.2) is 69.2 Å². The summed E-state index contributed by atoms with van der Waals surface area (Å²) in [7, 11) is -2.19. The number of nitrogens with one attached hydrogen (secondary N) is 1. The minimum Gasteiger partial charge on any atom is -0.463 e. The van der Waals surface area contributed by atoms with Crippen molar-refractivity contribution in [2.24, 2.45) is 0 Å². The highest BCUT2D eigenvalue weighted by Gasteiger charge is 2.44. The molecule has 2 aromatic carbocycles. The van der Waals surface area contributed by atoms with E-state index in [9.17, 15) is 13.2 Å². The third-order valence-electron chi connectivity index (χ3n) is 5.63. The summed E-state index contributed by atoms with van der Waals surface area (Å²) < 4.78 is 33.4. The number of carbonyl (C=O) groups excluding carboxylic acids is 1. The maximum absolute atomic E-state index is 14.0. The van der Waals surface area contributed by atoms with Crippen molar-refractivity contribution in [3.63, 3.8) is 0 Å². The van der Waals surface area contributed by atoms with Crippen LogP contribution in [0.5, 0.6) is 0 Å². The van der Waals surface area contributed by atoms with Crippen LogP contribution in [0, 0.1) is 0 Å². The summed E-state index contributed by atoms with van der Waals surface area (Å²) in [5, 5.41) is 3.63. The van der Waals surface area contributed by atoms with E-state index in [-0.39, 0.29) is 32.0 Å². The molecule has 0 spiro atoms. The minimum absolute atomic E-state index is 0.0760. The van der Waals surface area contributed by atoms with Gasteiger partial charge in [-0.25, -0.2) is 13.2 Å². The molecule has 32 heavy (non-hydrogen) atoms. The summed E-state index contributed by atoms with van der Waals surface area (Å²) in [5.41, 5.74) is 2.20. The predicted octanol–water partition coefficient (Wildman–Crippen LogP) is 4.65. The first-order valence-electron chi connectivity index (χ1n) is 10.1. The van der Waals surface area contributed by atoms with E-state index in [0.717, 1.165) is 0 Å². The molecule has 0 radical (unpaired) electrons. The molecule has 1 atom stereocenters. The van der Waals surface area contributed by atoms with Crippen molar-refractivity contribution in [1.29, 1.82) is 0 Å². The average Bonchev–Trinajstić information content (AvgIpc) is 2.82. The van der Waals surface area contributed by atoms with E-state index in [0.29, 0.717) is 29.2 Å². The van der Waals surface area contributed by atoms with Crippen molar-refractivity contribution in [3.05, 3.63) is 79.9 Å². The lowest BCUT2D eigenvalue weighted by atomic mass is 9.86. The van der Waals surface area contributed by atoms with E-state index >= 15 is 0 Å². The van der Waals surface area contributed by atoms with Gasteiger partial charge in [0.25, 0.3) is 0 Å². The van der Waals surface area contributed by atoms with E-state index in [1.807, 2.05) is 11.9 Å². The zero-order valence-electron chi connectivity index (χ0n) is 17.8. The number of likely N-dealkylation sites (N-methyl/N-ethyl adjacent to an activating group) is 1. The fourth-order valence-electron chi connectivity index (χ4n) is 4.27. The van der Waals surface area contributed by atoms with Crippen molar-refractivity contribution < 1.29 is 17.9 Å². The molecule has 0 aromatic heterocycles. The first kappa shape index (κ1) is 22.7. The molecule has 2 aliphatic heterocycles. The molecular weight excluding hydrogens is 471 g/mol. The molecule has 9 heteroatoms. The Labute approximate surface area is 197 Å². The van der Waals surface area contributed by atoms with Crippen LogP contribution in [0.25, 0.3) is 0 Å². The smallest absolute Gasteiger partial charge is 0.336 e. The highest BCUT2D eigenvalue weighted by molar-refractivity contribution is 7.95. The van der Waals surface area contributed by atoms with Gasteiger partial charge in [-0.15, -0.1) is 0 Å². The van der Waals surface area contributed by atoms with Gasteiger partial charge in [0.2, 0.25) is 9.84 Å². The zero-order chi connectivity index (χ0) is 23.2. The van der Waals surface area contributed by atoms with Crippen molar-refractivity contribution in [2.75, 3.05) is 25.1 Å². The number of rotatable bonds is 3. The number of allylic oxidation sites excluding steroid dienone is 2. The predicted molar refractivity (Wildman–Crippen MR) is 126 cm³/mol. The summed E-state index contributed by atoms with van der Waals surface area (Å²) in [6.45, 7) is 3.87. The Morgan fingerprint density at radius 3 is 2.62 bits per heavy atom. The Morgan fingerprint density at radius 1 is 1.19 bits per heavy atom. The fourth-order valence-corrected chi connectivity index (χ4v) is 6.68. The molecule has 2 aromatic rings. The van der Waals surface area contributed by atoms with Gasteiger partial charge in [0.1, 0.15) is 0 Å². The second-order valence-corrected chi connectivity index (χ2v) is 10.3. The second kappa shape index (κ2) is 8.46. The molecule has 0 aliphatic carbocycles. The molecular formula is C23H22Cl2N2O4S. The molecule has 0 amide bonds. The highest BCUT2D eigenvalue weighted by atomic mass is 35.5. The highest BCUT2D eigenvalue weighted by Crippen LogP contribution is 2.48. The van der Waals surface area contributed by atoms with Gasteiger partial charge in [0.15, 0.2) is 0 Å². The third-order valence-corrected chi connectivity index (χ3v) is 8.45. The number of para-hydroxylation sites is 1. The number of nitrogens with zero attached hydrogens (tertiary/aromatic N) is 1. The molecule has 0 saturated heterocycles. The molecule has 0 saturated carbocycles. The largest absolute Gasteiger partial charge is 0.463 e. The Kier molecular flexibility index (Phi) is 6.00. The monoisotopic (exact) mass is 492 g/mol. The van der Waals surface area contributed by atoms with E-state index < -0.39 is 21.7 Å². The number of carbonyl (C=O) groups is 1. The molecule has 6 nitrogen and oxygen atoms in total. The fraction of sp³-hybridized carbons (Fsp3) is 0.261. The van der Waals surface area contributed by atoms with Gasteiger partial charge in [-0.1, -0.05) is 47.5 Å². The number of benzene rings is 2. The topological polar surface area (TPSA) is 75.7 Å². The Morgan fingerprint density at radius 2 is 1.91 bits per heavy atom. The van der Waals surface area contributed by atoms with Gasteiger partial charge >= 0.3 is 5.97 Å². The molecule has 0 fully saturated rings. The molecule has 0 bridgehead atoms. The SMILES string of the molecule is CCOC(=O)C1=C(C)NC2=C(C1c1cccc(Cl)c1Cl)S(=O)(=O)c1ccccc1N(C)C2. The number of esters is 1. The van der Waals surface area contributed by atoms with Crippen LogP contribution in [-0.2, 0) is 19.4 Å². The normalized spacial score (nSPS) is 19.7. The number of hydrogen-bond donors (Lipinski definition) is 1. The lowest BCUT2D eigenvalue weighted by Gasteiger charge is -2.32. The van der Waals surface area contributed by atoms with E-state index in [1.165, 1.54) is 0 Å². The molecule has 1 N–H and O–H groups in total. The van der Waals surface area contributed by atoms with Crippen LogP contribution < -0.4 is 10.2 Å². The van der Waals surface area contributed by atoms with Crippen molar-refractivity contribution >= 4 is 44.7 Å². The lowest BCUT2D eigenvalue weighted by molar-refractivity contribution is -0.138. The third kappa shape index (κ3) is 3.58. The standard InChI is InChI=1S/C23H22Cl2N2O4S/c1-4-31-23(28)19-13(2)26-16-12-27(3)17-10-5-6-11-18(17)32(29,30)22(16)20(19)14-8-7-9-15(24)21(14)25/h5-11,20,26H,4,12H2,1-3H3. The lowest BCUT2D eigenvalue weighted by Crippen LogP contribution is -2.35. The molecule has 168 valence electrons. The van der Waals surface area contributed by atoms with Gasteiger partial charge in [0, 0.05) is 12.7 Å². The first-order valence-corrected chi connectivity index (χ1v) is 12.3. The Bertz CT molecular complexity index is 1280. The van der Waals surface area contributed by atoms with Crippen LogP contribution >= 0.6 is 23.2 Å². The number of anilines is 1. The van der Waals surface area contributed by atoms with Gasteiger partial charge in [-0.2, -0.15) is 0 Å². The van der Waals surface area contributed by atoms with Crippen LogP contribution in [0.1, 0.15) is 25.3 Å². The minimum atomic E-state index is -4.01.